The van der Waals surface area contributed by atoms with Crippen LogP contribution in [0.25, 0.3) is 22.4 Å². The lowest BCUT2D eigenvalue weighted by molar-refractivity contribution is 0.102. The van der Waals surface area contributed by atoms with Crippen molar-refractivity contribution in [3.63, 3.8) is 0 Å². The highest BCUT2D eigenvalue weighted by Gasteiger charge is 2.30. The number of hydrogen-bond acceptors (Lipinski definition) is 5. The van der Waals surface area contributed by atoms with Crippen molar-refractivity contribution in [1.82, 2.24) is 15.0 Å². The molecule has 3 heterocycles. The van der Waals surface area contributed by atoms with E-state index in [2.05, 4.69) is 35.2 Å². The lowest BCUT2D eigenvalue weighted by Crippen LogP contribution is -2.24. The number of aromatic amines is 1. The SMILES string of the molecule is CC1(C)Cc2cc(-c3nc4c(C(=O)Nc5nccs5)cccc4[nH]3)ccc2O1. The predicted molar refractivity (Wildman–Crippen MR) is 110 cm³/mol. The molecule has 2 aromatic heterocycles. The molecule has 2 N–H and O–H groups in total. The number of hydrogen-bond donors (Lipinski definition) is 2. The summed E-state index contributed by atoms with van der Waals surface area (Å²) in [4.78, 5) is 24.8. The Hall–Kier alpha value is -3.19. The van der Waals surface area contributed by atoms with Crippen molar-refractivity contribution in [2.75, 3.05) is 5.32 Å². The molecule has 0 saturated carbocycles. The molecule has 2 aromatic carbocycles. The van der Waals surface area contributed by atoms with Crippen molar-refractivity contribution >= 4 is 33.4 Å². The van der Waals surface area contributed by atoms with E-state index in [1.165, 1.54) is 16.9 Å². The Morgan fingerprint density at radius 2 is 2.18 bits per heavy atom. The number of ether oxygens (including phenoxy) is 1. The van der Waals surface area contributed by atoms with Gasteiger partial charge in [-0.05, 0) is 49.7 Å². The molecular formula is C21H18N4O2S. The zero-order valence-electron chi connectivity index (χ0n) is 15.4. The Labute approximate surface area is 165 Å². The van der Waals surface area contributed by atoms with Crippen LogP contribution in [0.3, 0.4) is 0 Å². The smallest absolute Gasteiger partial charge is 0.259 e. The first-order chi connectivity index (χ1) is 13.5. The molecule has 0 atom stereocenters. The highest BCUT2D eigenvalue weighted by atomic mass is 32.1. The third kappa shape index (κ3) is 2.93. The van der Waals surface area contributed by atoms with Crippen molar-refractivity contribution in [1.29, 1.82) is 0 Å². The van der Waals surface area contributed by atoms with Crippen molar-refractivity contribution in [3.05, 3.63) is 59.1 Å². The van der Waals surface area contributed by atoms with Gasteiger partial charge in [0.1, 0.15) is 22.7 Å². The van der Waals surface area contributed by atoms with Crippen LogP contribution in [-0.4, -0.2) is 26.5 Å². The minimum absolute atomic E-state index is 0.185. The van der Waals surface area contributed by atoms with Crippen LogP contribution in [0.1, 0.15) is 29.8 Å². The predicted octanol–water partition coefficient (Wildman–Crippen LogP) is 4.65. The molecule has 0 fully saturated rings. The summed E-state index contributed by atoms with van der Waals surface area (Å²) in [5, 5.41) is 5.21. The standard InChI is InChI=1S/C21H18N4O2S/c1-21(2)11-13-10-12(6-7-16(13)27-21)18-23-15-5-3-4-14(17(15)24-18)19(26)25-20-22-8-9-28-20/h3-10H,11H2,1-2H3,(H,23,24)(H,22,25,26). The number of para-hydroxylation sites is 1. The molecule has 1 amide bonds. The second-order valence-electron chi connectivity index (χ2n) is 7.44. The summed E-state index contributed by atoms with van der Waals surface area (Å²) in [6.45, 7) is 4.17. The maximum absolute atomic E-state index is 12.7. The van der Waals surface area contributed by atoms with Gasteiger partial charge in [0.15, 0.2) is 5.13 Å². The molecule has 5 rings (SSSR count). The monoisotopic (exact) mass is 390 g/mol. The van der Waals surface area contributed by atoms with E-state index in [0.717, 1.165) is 29.1 Å². The van der Waals surface area contributed by atoms with Crippen LogP contribution in [0.4, 0.5) is 5.13 Å². The maximum Gasteiger partial charge on any atom is 0.259 e. The first-order valence-electron chi connectivity index (χ1n) is 9.00. The van der Waals surface area contributed by atoms with Crippen molar-refractivity contribution in [3.8, 4) is 17.1 Å². The van der Waals surface area contributed by atoms with Crippen LogP contribution in [0.5, 0.6) is 5.75 Å². The van der Waals surface area contributed by atoms with Crippen molar-refractivity contribution in [2.24, 2.45) is 0 Å². The number of rotatable bonds is 3. The van der Waals surface area contributed by atoms with Crippen molar-refractivity contribution in [2.45, 2.75) is 25.9 Å². The fourth-order valence-electron chi connectivity index (χ4n) is 3.56. The van der Waals surface area contributed by atoms with Crippen LogP contribution in [0, 0.1) is 0 Å². The van der Waals surface area contributed by atoms with Gasteiger partial charge in [-0.15, -0.1) is 11.3 Å². The maximum atomic E-state index is 12.7. The van der Waals surface area contributed by atoms with Gasteiger partial charge in [0, 0.05) is 23.6 Å². The van der Waals surface area contributed by atoms with Gasteiger partial charge in [-0.25, -0.2) is 9.97 Å². The van der Waals surface area contributed by atoms with E-state index < -0.39 is 0 Å². The molecular weight excluding hydrogens is 372 g/mol. The molecule has 1 aliphatic heterocycles. The van der Waals surface area contributed by atoms with Gasteiger partial charge in [-0.2, -0.15) is 0 Å². The molecule has 4 aromatic rings. The van der Waals surface area contributed by atoms with E-state index >= 15 is 0 Å². The van der Waals surface area contributed by atoms with Crippen LogP contribution < -0.4 is 10.1 Å². The second-order valence-corrected chi connectivity index (χ2v) is 8.33. The number of carbonyl (C=O) groups excluding carboxylic acids is 1. The molecule has 28 heavy (non-hydrogen) atoms. The quantitative estimate of drug-likeness (QED) is 0.533. The molecule has 140 valence electrons. The number of nitrogens with zero attached hydrogens (tertiary/aromatic N) is 2. The zero-order chi connectivity index (χ0) is 19.3. The normalized spacial score (nSPS) is 14.6. The Bertz CT molecular complexity index is 1190. The fourth-order valence-corrected chi connectivity index (χ4v) is 4.08. The number of aromatic nitrogens is 3. The zero-order valence-corrected chi connectivity index (χ0v) is 16.3. The van der Waals surface area contributed by atoms with E-state index in [1.54, 1.807) is 12.3 Å². The number of imidazole rings is 1. The Balaban J connectivity index is 1.52. The van der Waals surface area contributed by atoms with Gasteiger partial charge in [0.2, 0.25) is 0 Å². The molecule has 6 nitrogen and oxygen atoms in total. The lowest BCUT2D eigenvalue weighted by Gasteiger charge is -2.16. The average molecular weight is 390 g/mol. The van der Waals surface area contributed by atoms with Gasteiger partial charge in [-0.3, -0.25) is 10.1 Å². The fraction of sp³-hybridized carbons (Fsp3) is 0.190. The summed E-state index contributed by atoms with van der Waals surface area (Å²) in [7, 11) is 0. The highest BCUT2D eigenvalue weighted by Crippen LogP contribution is 2.37. The van der Waals surface area contributed by atoms with Crippen LogP contribution in [0.2, 0.25) is 0 Å². The molecule has 0 radical (unpaired) electrons. The Kier molecular flexibility index (Phi) is 3.73. The number of H-pyrrole nitrogens is 1. The Morgan fingerprint density at radius 3 is 3.00 bits per heavy atom. The minimum Gasteiger partial charge on any atom is -0.487 e. The number of thiazole rings is 1. The van der Waals surface area contributed by atoms with Gasteiger partial charge in [-0.1, -0.05) is 6.07 Å². The average Bonchev–Trinajstić information content (AvgIpc) is 3.36. The third-order valence-electron chi connectivity index (χ3n) is 4.75. The van der Waals surface area contributed by atoms with E-state index in [9.17, 15) is 4.79 Å². The number of benzene rings is 2. The molecule has 0 aliphatic carbocycles. The molecule has 0 spiro atoms. The summed E-state index contributed by atoms with van der Waals surface area (Å²) in [6, 6.07) is 11.6. The summed E-state index contributed by atoms with van der Waals surface area (Å²) in [5.41, 5.74) is 3.94. The van der Waals surface area contributed by atoms with E-state index in [0.29, 0.717) is 16.2 Å². The van der Waals surface area contributed by atoms with Crippen LogP contribution in [-0.2, 0) is 6.42 Å². The van der Waals surface area contributed by atoms with E-state index in [-0.39, 0.29) is 11.5 Å². The van der Waals surface area contributed by atoms with Gasteiger partial charge in [0.05, 0.1) is 11.1 Å². The lowest BCUT2D eigenvalue weighted by atomic mass is 10.00. The van der Waals surface area contributed by atoms with Crippen LogP contribution in [0.15, 0.2) is 48.0 Å². The number of amides is 1. The number of fused-ring (bicyclic) bond motifs is 2. The number of carbonyl (C=O) groups is 1. The minimum atomic E-state index is -0.220. The molecule has 0 saturated heterocycles. The first kappa shape index (κ1) is 16.9. The van der Waals surface area contributed by atoms with Crippen LogP contribution >= 0.6 is 11.3 Å². The summed E-state index contributed by atoms with van der Waals surface area (Å²) >= 11 is 1.38. The molecule has 1 aliphatic rings. The summed E-state index contributed by atoms with van der Waals surface area (Å²) in [5.74, 6) is 1.44. The van der Waals surface area contributed by atoms with Gasteiger partial charge >= 0.3 is 0 Å². The van der Waals surface area contributed by atoms with Gasteiger partial charge < -0.3 is 9.72 Å². The largest absolute Gasteiger partial charge is 0.487 e. The number of nitrogens with one attached hydrogen (secondary N) is 2. The van der Waals surface area contributed by atoms with Crippen molar-refractivity contribution < 1.29 is 9.53 Å². The molecule has 0 bridgehead atoms. The van der Waals surface area contributed by atoms with E-state index in [1.807, 2.05) is 29.6 Å². The van der Waals surface area contributed by atoms with Gasteiger partial charge in [0.25, 0.3) is 5.91 Å². The first-order valence-corrected chi connectivity index (χ1v) is 9.88. The highest BCUT2D eigenvalue weighted by molar-refractivity contribution is 7.13. The summed E-state index contributed by atoms with van der Waals surface area (Å²) in [6.07, 6.45) is 2.52. The third-order valence-corrected chi connectivity index (χ3v) is 5.43. The molecule has 7 heteroatoms. The summed E-state index contributed by atoms with van der Waals surface area (Å²) < 4.78 is 5.96. The topological polar surface area (TPSA) is 79.9 Å². The number of anilines is 1. The molecule has 0 unspecified atom stereocenters. The Morgan fingerprint density at radius 1 is 1.29 bits per heavy atom. The van der Waals surface area contributed by atoms with E-state index in [4.69, 9.17) is 9.72 Å². The second kappa shape index (κ2) is 6.17.